The summed E-state index contributed by atoms with van der Waals surface area (Å²) in [6.45, 7) is 2.00. The molecule has 1 N–H and O–H groups in total. The van der Waals surface area contributed by atoms with Gasteiger partial charge in [0.2, 0.25) is 11.8 Å². The number of ether oxygens (including phenoxy) is 1. The van der Waals surface area contributed by atoms with Gasteiger partial charge >= 0.3 is 0 Å². The van der Waals surface area contributed by atoms with Gasteiger partial charge in [0.1, 0.15) is 12.1 Å². The molecule has 40 heavy (non-hydrogen) atoms. The molecule has 8 rings (SSSR count). The Bertz CT molecular complexity index is 2060. The molecule has 0 radical (unpaired) electrons. The van der Waals surface area contributed by atoms with Crippen molar-refractivity contribution in [1.82, 2.24) is 29.4 Å². The highest BCUT2D eigenvalue weighted by Crippen LogP contribution is 2.49. The quantitative estimate of drug-likeness (QED) is 0.288. The van der Waals surface area contributed by atoms with Gasteiger partial charge in [0.25, 0.3) is 0 Å². The molecule has 8 heteroatoms. The van der Waals surface area contributed by atoms with Gasteiger partial charge < -0.3 is 9.84 Å². The molecular weight excluding hydrogens is 500 g/mol. The maximum Gasteiger partial charge on any atom is 0.230 e. The van der Waals surface area contributed by atoms with Gasteiger partial charge in [-0.1, -0.05) is 72.8 Å². The highest BCUT2D eigenvalue weighted by Gasteiger charge is 2.38. The maximum absolute atomic E-state index is 10.9. The predicted octanol–water partition coefficient (Wildman–Crippen LogP) is 6.43. The van der Waals surface area contributed by atoms with E-state index >= 15 is 0 Å². The van der Waals surface area contributed by atoms with Crippen LogP contribution in [0, 0.1) is 6.92 Å². The normalized spacial score (nSPS) is 14.2. The summed E-state index contributed by atoms with van der Waals surface area (Å²) in [5.74, 6) is 1.37. The number of fused-ring (bicyclic) bond motifs is 5. The van der Waals surface area contributed by atoms with Gasteiger partial charge in [0.05, 0.1) is 34.0 Å². The average Bonchev–Trinajstić information content (AvgIpc) is 3.57. The number of hydrogen-bond donors (Lipinski definition) is 1. The minimum Gasteiger partial charge on any atom is -0.507 e. The Morgan fingerprint density at radius 1 is 0.800 bits per heavy atom. The summed E-state index contributed by atoms with van der Waals surface area (Å²) in [6.07, 6.45) is 1.60. The number of nitrogens with zero attached hydrogens (tertiary/aromatic N) is 6. The van der Waals surface area contributed by atoms with Crippen molar-refractivity contribution in [3.63, 3.8) is 0 Å². The third-order valence-electron chi connectivity index (χ3n) is 7.46. The number of phenols is 1. The fourth-order valence-corrected chi connectivity index (χ4v) is 5.62. The van der Waals surface area contributed by atoms with Crippen LogP contribution >= 0.6 is 0 Å². The summed E-state index contributed by atoms with van der Waals surface area (Å²) in [6, 6.07) is 31.7. The van der Waals surface area contributed by atoms with Crippen molar-refractivity contribution in [2.45, 2.75) is 12.8 Å². The second-order valence-electron chi connectivity index (χ2n) is 9.88. The average molecular weight is 523 g/mol. The maximum atomic E-state index is 10.9. The summed E-state index contributed by atoms with van der Waals surface area (Å²) < 4.78 is 9.99. The number of hydrogen-bond acceptors (Lipinski definition) is 6. The van der Waals surface area contributed by atoms with Gasteiger partial charge in [-0.05, 0) is 47.5 Å². The Morgan fingerprint density at radius 2 is 1.50 bits per heavy atom. The van der Waals surface area contributed by atoms with Gasteiger partial charge in [-0.15, -0.1) is 5.10 Å². The smallest absolute Gasteiger partial charge is 0.230 e. The van der Waals surface area contributed by atoms with Crippen LogP contribution in [0.15, 0.2) is 103 Å². The summed E-state index contributed by atoms with van der Waals surface area (Å²) >= 11 is 0. The molecule has 1 aliphatic heterocycles. The molecule has 0 spiro atoms. The number of aromatic hydroxyl groups is 1. The number of aromatic nitrogens is 6. The first-order valence-electron chi connectivity index (χ1n) is 13.0. The minimum absolute atomic E-state index is 0.120. The molecule has 7 aromatic rings. The van der Waals surface area contributed by atoms with E-state index in [0.29, 0.717) is 28.8 Å². The van der Waals surface area contributed by atoms with Gasteiger partial charge in [-0.3, -0.25) is 0 Å². The monoisotopic (exact) mass is 522 g/mol. The number of benzene rings is 4. The van der Waals surface area contributed by atoms with Crippen molar-refractivity contribution in [1.29, 1.82) is 0 Å². The first-order chi connectivity index (χ1) is 19.7. The zero-order valence-corrected chi connectivity index (χ0v) is 21.4. The Morgan fingerprint density at radius 3 is 2.27 bits per heavy atom. The lowest BCUT2D eigenvalue weighted by atomic mass is 9.84. The fraction of sp³-hybridized carbons (Fsp3) is 0.0625. The van der Waals surface area contributed by atoms with Gasteiger partial charge in [-0.2, -0.15) is 5.10 Å². The summed E-state index contributed by atoms with van der Waals surface area (Å²) in [5, 5.41) is 22.4. The Hall–Kier alpha value is -5.50. The van der Waals surface area contributed by atoms with Crippen molar-refractivity contribution in [3.8, 4) is 34.6 Å². The van der Waals surface area contributed by atoms with Crippen LogP contribution in [-0.2, 0) is 0 Å². The topological polar surface area (TPSA) is 90.4 Å². The van der Waals surface area contributed by atoms with Crippen molar-refractivity contribution in [2.75, 3.05) is 0 Å². The highest BCUT2D eigenvalue weighted by atomic mass is 16.5. The van der Waals surface area contributed by atoms with Gasteiger partial charge in [0.15, 0.2) is 11.5 Å². The van der Waals surface area contributed by atoms with Crippen LogP contribution < -0.4 is 4.74 Å². The Balaban J connectivity index is 1.37. The Kier molecular flexibility index (Phi) is 4.78. The molecule has 0 saturated carbocycles. The number of para-hydroxylation sites is 1. The standard InChI is InChI=1S/C32H22N6O2/c1-19-26-27(20-10-4-2-5-11-20)28-30-34-29(24-16-21-12-8-9-13-22(21)17-25(24)39)36-37(30)18-33-31(28)40-32(26)38(35-19)23-14-6-3-7-15-23/h2-18,27,39H,1H3/t27-/m0/s1. The first kappa shape index (κ1) is 22.5. The molecule has 0 unspecified atom stereocenters. The lowest BCUT2D eigenvalue weighted by Gasteiger charge is -2.26. The van der Waals surface area contributed by atoms with Crippen molar-refractivity contribution in [3.05, 3.63) is 126 Å². The number of aryl methyl sites for hydroxylation is 1. The first-order valence-corrected chi connectivity index (χ1v) is 13.0. The van der Waals surface area contributed by atoms with E-state index in [-0.39, 0.29) is 11.7 Å². The third-order valence-corrected chi connectivity index (χ3v) is 7.46. The molecular formula is C32H22N6O2. The minimum atomic E-state index is -0.240. The molecule has 0 amide bonds. The molecule has 3 aromatic heterocycles. The fourth-order valence-electron chi connectivity index (χ4n) is 5.62. The van der Waals surface area contributed by atoms with E-state index in [4.69, 9.17) is 19.9 Å². The van der Waals surface area contributed by atoms with Crippen LogP contribution in [0.4, 0.5) is 0 Å². The van der Waals surface area contributed by atoms with Gasteiger partial charge in [0, 0.05) is 0 Å². The van der Waals surface area contributed by atoms with Crippen LogP contribution in [-0.4, -0.2) is 34.5 Å². The second kappa shape index (κ2) is 8.51. The van der Waals surface area contributed by atoms with E-state index in [2.05, 4.69) is 17.1 Å². The second-order valence-corrected chi connectivity index (χ2v) is 9.88. The lowest BCUT2D eigenvalue weighted by molar-refractivity contribution is 0.402. The largest absolute Gasteiger partial charge is 0.507 e. The van der Waals surface area contributed by atoms with Crippen LogP contribution in [0.25, 0.3) is 33.5 Å². The predicted molar refractivity (Wildman–Crippen MR) is 151 cm³/mol. The molecule has 0 aliphatic carbocycles. The van der Waals surface area contributed by atoms with E-state index in [9.17, 15) is 5.11 Å². The zero-order chi connectivity index (χ0) is 26.8. The Labute approximate surface area is 228 Å². The SMILES string of the molecule is Cc1nn(-c2ccccc2)c2c1[C@H](c1ccccc1)c1c(ncn3nc(-c4cc5ccccc5cc4O)nc13)O2. The number of phenolic OH excluding ortho intramolecular Hbond substituents is 1. The third kappa shape index (κ3) is 3.32. The molecule has 8 nitrogen and oxygen atoms in total. The molecule has 1 atom stereocenters. The van der Waals surface area contributed by atoms with E-state index in [1.807, 2.05) is 90.5 Å². The van der Waals surface area contributed by atoms with Crippen molar-refractivity contribution in [2.24, 2.45) is 0 Å². The lowest BCUT2D eigenvalue weighted by Crippen LogP contribution is -2.16. The molecule has 0 fully saturated rings. The zero-order valence-electron chi connectivity index (χ0n) is 21.4. The summed E-state index contributed by atoms with van der Waals surface area (Å²) in [7, 11) is 0. The van der Waals surface area contributed by atoms with E-state index in [1.54, 1.807) is 16.9 Å². The van der Waals surface area contributed by atoms with Crippen molar-refractivity contribution < 1.29 is 9.84 Å². The molecule has 4 aromatic carbocycles. The van der Waals surface area contributed by atoms with Crippen LogP contribution in [0.3, 0.4) is 0 Å². The molecule has 1 aliphatic rings. The highest BCUT2D eigenvalue weighted by molar-refractivity contribution is 5.89. The number of rotatable bonds is 3. The molecule has 0 saturated heterocycles. The molecule has 192 valence electrons. The van der Waals surface area contributed by atoms with E-state index in [1.165, 1.54) is 0 Å². The van der Waals surface area contributed by atoms with Gasteiger partial charge in [-0.25, -0.2) is 19.2 Å². The molecule has 4 heterocycles. The summed E-state index contributed by atoms with van der Waals surface area (Å²) in [4.78, 5) is 9.63. The van der Waals surface area contributed by atoms with Crippen LogP contribution in [0.2, 0.25) is 0 Å². The van der Waals surface area contributed by atoms with Crippen LogP contribution in [0.5, 0.6) is 17.5 Å². The van der Waals surface area contributed by atoms with E-state index < -0.39 is 0 Å². The van der Waals surface area contributed by atoms with Crippen molar-refractivity contribution >= 4 is 16.4 Å². The van der Waals surface area contributed by atoms with Crippen LogP contribution in [0.1, 0.15) is 28.3 Å². The summed E-state index contributed by atoms with van der Waals surface area (Å²) in [5.41, 5.74) is 5.74. The molecule has 0 bridgehead atoms. The van der Waals surface area contributed by atoms with E-state index in [0.717, 1.165) is 38.8 Å².